The van der Waals surface area contributed by atoms with Gasteiger partial charge in [-0.3, -0.25) is 8.32 Å². The normalized spacial score (nSPS) is 31.2. The van der Waals surface area contributed by atoms with Gasteiger partial charge in [0, 0.05) is 40.9 Å². The highest BCUT2D eigenvalue weighted by Crippen LogP contribution is 2.21. The molecule has 1 saturated heterocycles. The van der Waals surface area contributed by atoms with Crippen molar-refractivity contribution < 1.29 is 4.79 Å². The molecule has 2 fully saturated rings. The molecular formula is C13H24IN3O. The molecule has 104 valence electrons. The summed E-state index contributed by atoms with van der Waals surface area (Å²) in [6.45, 7) is 2.12. The van der Waals surface area contributed by atoms with Crippen LogP contribution < -0.4 is 8.85 Å². The maximum Gasteiger partial charge on any atom is 0.223 e. The highest BCUT2D eigenvalue weighted by atomic mass is 127. The van der Waals surface area contributed by atoms with E-state index in [9.17, 15) is 4.79 Å². The predicted octanol–water partition coefficient (Wildman–Crippen LogP) is 1.70. The zero-order valence-electron chi connectivity index (χ0n) is 11.1. The molecule has 5 heteroatoms. The quantitative estimate of drug-likeness (QED) is 0.591. The molecule has 2 N–H and O–H groups in total. The summed E-state index contributed by atoms with van der Waals surface area (Å²) in [5.41, 5.74) is 0. The molecule has 2 rings (SSSR count). The number of carbonyl (C=O) groups is 1. The average Bonchev–Trinajstić information content (AvgIpc) is 2.40. The molecule has 0 aromatic carbocycles. The molecule has 0 aromatic rings. The fourth-order valence-corrected chi connectivity index (χ4v) is 3.56. The molecule has 1 saturated carbocycles. The summed E-state index contributed by atoms with van der Waals surface area (Å²) in [5.74, 6) is 0.551. The van der Waals surface area contributed by atoms with Gasteiger partial charge in [0.05, 0.1) is 0 Å². The molecule has 1 amide bonds. The van der Waals surface area contributed by atoms with Gasteiger partial charge in [-0.05, 0) is 58.7 Å². The third-order valence-electron chi connectivity index (χ3n) is 4.32. The Morgan fingerprint density at radius 1 is 1.06 bits per heavy atom. The predicted molar refractivity (Wildman–Crippen MR) is 81.6 cm³/mol. The maximum absolute atomic E-state index is 12.2. The molecule has 0 radical (unpaired) electrons. The van der Waals surface area contributed by atoms with Crippen molar-refractivity contribution in [3.8, 4) is 0 Å². The molecule has 0 bridgehead atoms. The van der Waals surface area contributed by atoms with Gasteiger partial charge in [0.15, 0.2) is 0 Å². The van der Waals surface area contributed by atoms with E-state index < -0.39 is 0 Å². The number of carbonyl (C=O) groups excluding carboxylic acids is 1. The van der Waals surface area contributed by atoms with E-state index >= 15 is 0 Å². The van der Waals surface area contributed by atoms with Crippen LogP contribution in [0.25, 0.3) is 0 Å². The zero-order valence-corrected chi connectivity index (χ0v) is 13.3. The zero-order chi connectivity index (χ0) is 13.0. The van der Waals surface area contributed by atoms with Crippen molar-refractivity contribution in [3.63, 3.8) is 0 Å². The fraction of sp³-hybridized carbons (Fsp3) is 0.923. The number of hydrogen-bond donors (Lipinski definition) is 2. The second kappa shape index (κ2) is 7.05. The Morgan fingerprint density at radius 3 is 2.17 bits per heavy atom. The van der Waals surface area contributed by atoms with E-state index in [2.05, 4.69) is 43.7 Å². The molecule has 1 aliphatic heterocycles. The molecule has 4 nitrogen and oxygen atoms in total. The number of amides is 1. The number of hydrogen-bond acceptors (Lipinski definition) is 3. The van der Waals surface area contributed by atoms with Crippen LogP contribution in [0.5, 0.6) is 0 Å². The lowest BCUT2D eigenvalue weighted by atomic mass is 9.90. The molecule has 0 spiro atoms. The SMILES string of the molecule is CN1CCC(C(=O)NC2CCC(NI)CC2)CC1. The van der Waals surface area contributed by atoms with E-state index in [-0.39, 0.29) is 5.92 Å². The standard InChI is InChI=1S/C13H24IN3O/c1-17-8-6-10(7-9-17)13(18)15-11-2-4-12(16-14)5-3-11/h10-12,16H,2-9H2,1H3,(H,15,18). The highest BCUT2D eigenvalue weighted by Gasteiger charge is 2.27. The Kier molecular flexibility index (Phi) is 5.69. The molecule has 0 aromatic heterocycles. The Labute approximate surface area is 124 Å². The molecule has 0 unspecified atom stereocenters. The third-order valence-corrected chi connectivity index (χ3v) is 5.20. The third kappa shape index (κ3) is 4.06. The summed E-state index contributed by atoms with van der Waals surface area (Å²) in [4.78, 5) is 14.5. The first-order valence-electron chi connectivity index (χ1n) is 7.04. The van der Waals surface area contributed by atoms with Crippen molar-refractivity contribution in [2.45, 2.75) is 50.6 Å². The minimum absolute atomic E-state index is 0.252. The van der Waals surface area contributed by atoms with Crippen LogP contribution in [0.1, 0.15) is 38.5 Å². The van der Waals surface area contributed by atoms with Crippen LogP contribution in [0.3, 0.4) is 0 Å². The minimum Gasteiger partial charge on any atom is -0.353 e. The van der Waals surface area contributed by atoms with Crippen LogP contribution in [0.2, 0.25) is 0 Å². The average molecular weight is 365 g/mol. The van der Waals surface area contributed by atoms with E-state index in [1.165, 1.54) is 12.8 Å². The Hall–Kier alpha value is 0.120. The Bertz CT molecular complexity index is 271. The lowest BCUT2D eigenvalue weighted by molar-refractivity contribution is -0.127. The number of piperidine rings is 1. The van der Waals surface area contributed by atoms with Gasteiger partial charge in [-0.2, -0.15) is 0 Å². The van der Waals surface area contributed by atoms with E-state index in [1.54, 1.807) is 0 Å². The van der Waals surface area contributed by atoms with Gasteiger partial charge in [0.25, 0.3) is 0 Å². The molecule has 0 atom stereocenters. The summed E-state index contributed by atoms with van der Waals surface area (Å²) < 4.78 is 3.30. The van der Waals surface area contributed by atoms with Crippen LogP contribution in [0.4, 0.5) is 0 Å². The van der Waals surface area contributed by atoms with Gasteiger partial charge in [-0.15, -0.1) is 0 Å². The topological polar surface area (TPSA) is 44.4 Å². The van der Waals surface area contributed by atoms with Gasteiger partial charge >= 0.3 is 0 Å². The van der Waals surface area contributed by atoms with E-state index in [4.69, 9.17) is 0 Å². The summed E-state index contributed by atoms with van der Waals surface area (Å²) in [6.07, 6.45) is 6.65. The van der Waals surface area contributed by atoms with Crippen molar-refractivity contribution in [1.82, 2.24) is 13.7 Å². The fourth-order valence-electron chi connectivity index (χ4n) is 2.94. The first-order valence-corrected chi connectivity index (χ1v) is 8.12. The van der Waals surface area contributed by atoms with E-state index in [0.29, 0.717) is 18.0 Å². The van der Waals surface area contributed by atoms with Gasteiger partial charge in [-0.1, -0.05) is 0 Å². The smallest absolute Gasteiger partial charge is 0.223 e. The molecular weight excluding hydrogens is 341 g/mol. The first kappa shape index (κ1) is 14.5. The van der Waals surface area contributed by atoms with Crippen LogP contribution >= 0.6 is 22.9 Å². The van der Waals surface area contributed by atoms with Crippen LogP contribution in [0.15, 0.2) is 0 Å². The monoisotopic (exact) mass is 365 g/mol. The second-order valence-electron chi connectivity index (χ2n) is 5.74. The lowest BCUT2D eigenvalue weighted by Gasteiger charge is -2.32. The van der Waals surface area contributed by atoms with Gasteiger partial charge in [0.2, 0.25) is 5.91 Å². The molecule has 1 aliphatic carbocycles. The summed E-state index contributed by atoms with van der Waals surface area (Å²) in [7, 11) is 2.13. The summed E-state index contributed by atoms with van der Waals surface area (Å²) >= 11 is 2.23. The second-order valence-corrected chi connectivity index (χ2v) is 6.37. The largest absolute Gasteiger partial charge is 0.353 e. The van der Waals surface area contributed by atoms with Crippen LogP contribution in [0, 0.1) is 5.92 Å². The van der Waals surface area contributed by atoms with Crippen molar-refractivity contribution in [3.05, 3.63) is 0 Å². The Morgan fingerprint density at radius 2 is 1.61 bits per heavy atom. The minimum atomic E-state index is 0.252. The first-order chi connectivity index (χ1) is 8.69. The van der Waals surface area contributed by atoms with Gasteiger partial charge in [0.1, 0.15) is 0 Å². The highest BCUT2D eigenvalue weighted by molar-refractivity contribution is 14.1. The van der Waals surface area contributed by atoms with E-state index in [1.807, 2.05) is 0 Å². The molecule has 2 aliphatic rings. The molecule has 1 heterocycles. The number of halogens is 1. The number of rotatable bonds is 3. The number of nitrogens with zero attached hydrogens (tertiary/aromatic N) is 1. The maximum atomic E-state index is 12.2. The summed E-state index contributed by atoms with van der Waals surface area (Å²) in [5, 5.41) is 3.26. The van der Waals surface area contributed by atoms with E-state index in [0.717, 1.165) is 38.8 Å². The Balaban J connectivity index is 1.71. The van der Waals surface area contributed by atoms with Crippen molar-refractivity contribution in [2.75, 3.05) is 20.1 Å². The molecule has 18 heavy (non-hydrogen) atoms. The van der Waals surface area contributed by atoms with Crippen molar-refractivity contribution >= 4 is 28.8 Å². The van der Waals surface area contributed by atoms with Gasteiger partial charge in [-0.25, -0.2) is 0 Å². The van der Waals surface area contributed by atoms with Crippen LogP contribution in [-0.4, -0.2) is 43.0 Å². The number of likely N-dealkylation sites (tertiary alicyclic amines) is 1. The summed E-state index contributed by atoms with van der Waals surface area (Å²) in [6, 6.07) is 1.06. The van der Waals surface area contributed by atoms with Crippen LogP contribution in [-0.2, 0) is 4.79 Å². The number of nitrogens with one attached hydrogen (secondary N) is 2. The van der Waals surface area contributed by atoms with Gasteiger partial charge < -0.3 is 10.2 Å². The lowest BCUT2D eigenvalue weighted by Crippen LogP contribution is -2.45. The van der Waals surface area contributed by atoms with Crippen molar-refractivity contribution in [1.29, 1.82) is 0 Å². The van der Waals surface area contributed by atoms with Crippen molar-refractivity contribution in [2.24, 2.45) is 5.92 Å².